The van der Waals surface area contributed by atoms with Crippen molar-refractivity contribution < 1.29 is 8.42 Å². The number of primary sulfonamides is 1. The van der Waals surface area contributed by atoms with E-state index in [-0.39, 0.29) is 4.21 Å². The van der Waals surface area contributed by atoms with Crippen LogP contribution in [0.1, 0.15) is 39.5 Å². The van der Waals surface area contributed by atoms with Gasteiger partial charge >= 0.3 is 0 Å². The maximum Gasteiger partial charge on any atom is 0.249 e. The summed E-state index contributed by atoms with van der Waals surface area (Å²) in [5, 5.41) is 9.02. The van der Waals surface area contributed by atoms with Crippen LogP contribution in [0.15, 0.2) is 10.4 Å². The van der Waals surface area contributed by atoms with Gasteiger partial charge in [0.05, 0.1) is 6.20 Å². The summed E-state index contributed by atoms with van der Waals surface area (Å²) in [6.07, 6.45) is 5.94. The Labute approximate surface area is 112 Å². The Hall–Kier alpha value is -0.660. The van der Waals surface area contributed by atoms with Gasteiger partial charge in [0.2, 0.25) is 10.0 Å². The number of nitrogens with two attached hydrogens (primary N) is 1. The van der Waals surface area contributed by atoms with Crippen LogP contribution in [0.25, 0.3) is 0 Å². The molecule has 7 heteroatoms. The summed E-state index contributed by atoms with van der Waals surface area (Å²) in [6.45, 7) is 4.52. The minimum atomic E-state index is -3.63. The maximum absolute atomic E-state index is 11.2. The molecule has 1 fully saturated rings. The Morgan fingerprint density at radius 3 is 2.83 bits per heavy atom. The van der Waals surface area contributed by atoms with Crippen LogP contribution < -0.4 is 10.5 Å². The number of hydrogen-bond donors (Lipinski definition) is 2. The van der Waals surface area contributed by atoms with E-state index in [1.807, 2.05) is 0 Å². The summed E-state index contributed by atoms with van der Waals surface area (Å²) in [5.74, 6) is 0. The van der Waals surface area contributed by atoms with E-state index in [0.717, 1.165) is 24.2 Å². The monoisotopic (exact) mass is 289 g/mol. The normalized spacial score (nSPS) is 23.8. The van der Waals surface area contributed by atoms with Crippen LogP contribution in [0.4, 0.5) is 5.13 Å². The van der Waals surface area contributed by atoms with E-state index >= 15 is 0 Å². The molecule has 18 heavy (non-hydrogen) atoms. The molecule has 1 aliphatic carbocycles. The van der Waals surface area contributed by atoms with E-state index in [1.165, 1.54) is 19.0 Å². The van der Waals surface area contributed by atoms with Crippen molar-refractivity contribution in [2.24, 2.45) is 10.6 Å². The first-order chi connectivity index (χ1) is 8.26. The Morgan fingerprint density at radius 1 is 1.56 bits per heavy atom. The van der Waals surface area contributed by atoms with Gasteiger partial charge < -0.3 is 5.32 Å². The predicted octanol–water partition coefficient (Wildman–Crippen LogP) is 2.17. The minimum absolute atomic E-state index is 0.111. The highest BCUT2D eigenvalue weighted by Crippen LogP contribution is 2.36. The number of nitrogens with one attached hydrogen (secondary N) is 1. The maximum atomic E-state index is 11.2. The summed E-state index contributed by atoms with van der Waals surface area (Å²) in [4.78, 5) is 4.07. The zero-order valence-corrected chi connectivity index (χ0v) is 12.3. The Bertz CT molecular complexity index is 522. The Morgan fingerprint density at radius 2 is 2.28 bits per heavy atom. The first-order valence-electron chi connectivity index (χ1n) is 6.01. The van der Waals surface area contributed by atoms with Crippen LogP contribution in [0.5, 0.6) is 0 Å². The lowest BCUT2D eigenvalue weighted by Crippen LogP contribution is -2.31. The highest BCUT2D eigenvalue weighted by Gasteiger charge is 2.28. The van der Waals surface area contributed by atoms with Gasteiger partial charge in [-0.25, -0.2) is 18.5 Å². The van der Waals surface area contributed by atoms with Crippen molar-refractivity contribution in [3.8, 4) is 0 Å². The Kier molecular flexibility index (Phi) is 3.66. The van der Waals surface area contributed by atoms with Crippen molar-refractivity contribution in [2.45, 2.75) is 49.8 Å². The number of anilines is 1. The van der Waals surface area contributed by atoms with E-state index in [4.69, 9.17) is 5.14 Å². The summed E-state index contributed by atoms with van der Waals surface area (Å²) < 4.78 is 22.4. The largest absolute Gasteiger partial charge is 0.359 e. The van der Waals surface area contributed by atoms with Crippen LogP contribution in [0, 0.1) is 5.41 Å². The molecular formula is C11H19N3O2S2. The molecule has 1 aliphatic rings. The number of rotatable bonds is 3. The van der Waals surface area contributed by atoms with Gasteiger partial charge in [-0.15, -0.1) is 0 Å². The zero-order valence-electron chi connectivity index (χ0n) is 10.6. The molecule has 1 heterocycles. The molecule has 0 radical (unpaired) electrons. The van der Waals surface area contributed by atoms with Crippen molar-refractivity contribution in [3.63, 3.8) is 0 Å². The Balaban J connectivity index is 2.04. The van der Waals surface area contributed by atoms with Gasteiger partial charge in [-0.05, 0) is 24.7 Å². The molecule has 0 saturated heterocycles. The fourth-order valence-corrected chi connectivity index (χ4v) is 3.98. The average Bonchev–Trinajstić information content (AvgIpc) is 2.63. The van der Waals surface area contributed by atoms with Crippen LogP contribution >= 0.6 is 11.3 Å². The molecule has 1 saturated carbocycles. The summed E-state index contributed by atoms with van der Waals surface area (Å²) in [5.41, 5.74) is 0.343. The SMILES string of the molecule is CC1(C)CCCC(Nc2ncc(S(N)(=O)=O)s2)C1. The van der Waals surface area contributed by atoms with Crippen LogP contribution in [-0.2, 0) is 10.0 Å². The lowest BCUT2D eigenvalue weighted by Gasteiger charge is -2.35. The summed E-state index contributed by atoms with van der Waals surface area (Å²) in [7, 11) is -3.63. The van der Waals surface area contributed by atoms with Crippen molar-refractivity contribution in [3.05, 3.63) is 6.20 Å². The van der Waals surface area contributed by atoms with Crippen LogP contribution in [-0.4, -0.2) is 19.4 Å². The summed E-state index contributed by atoms with van der Waals surface area (Å²) in [6, 6.07) is 0.369. The van der Waals surface area contributed by atoms with Crippen molar-refractivity contribution >= 4 is 26.5 Å². The predicted molar refractivity (Wildman–Crippen MR) is 73.1 cm³/mol. The molecule has 3 N–H and O–H groups in total. The second kappa shape index (κ2) is 4.79. The van der Waals surface area contributed by atoms with E-state index < -0.39 is 10.0 Å². The molecular weight excluding hydrogens is 270 g/mol. The number of hydrogen-bond acceptors (Lipinski definition) is 5. The number of nitrogens with zero attached hydrogens (tertiary/aromatic N) is 1. The third kappa shape index (κ3) is 3.43. The molecule has 0 amide bonds. The first kappa shape index (κ1) is 13.8. The minimum Gasteiger partial charge on any atom is -0.359 e. The first-order valence-corrected chi connectivity index (χ1v) is 8.38. The van der Waals surface area contributed by atoms with E-state index in [1.54, 1.807) is 0 Å². The molecule has 1 atom stereocenters. The topological polar surface area (TPSA) is 85.1 Å². The van der Waals surface area contributed by atoms with Gasteiger partial charge in [0, 0.05) is 6.04 Å². The molecule has 1 aromatic rings. The van der Waals surface area contributed by atoms with Gasteiger partial charge in [0.15, 0.2) is 9.34 Å². The van der Waals surface area contributed by atoms with Crippen LogP contribution in [0.3, 0.4) is 0 Å². The number of thiazole rings is 1. The fourth-order valence-electron chi connectivity index (χ4n) is 2.45. The smallest absolute Gasteiger partial charge is 0.249 e. The van der Waals surface area contributed by atoms with E-state index in [2.05, 4.69) is 24.1 Å². The standard InChI is InChI=1S/C11H19N3O2S2/c1-11(2)5-3-4-8(6-11)14-10-13-7-9(17-10)18(12,15)16/h7-8H,3-6H2,1-2H3,(H,13,14)(H2,12,15,16). The van der Waals surface area contributed by atoms with Crippen molar-refractivity contribution in [1.29, 1.82) is 0 Å². The molecule has 102 valence electrons. The van der Waals surface area contributed by atoms with Crippen LogP contribution in [0.2, 0.25) is 0 Å². The average molecular weight is 289 g/mol. The zero-order chi connectivity index (χ0) is 13.4. The van der Waals surface area contributed by atoms with Gasteiger partial charge in [-0.3, -0.25) is 0 Å². The van der Waals surface area contributed by atoms with E-state index in [9.17, 15) is 8.42 Å². The molecule has 0 bridgehead atoms. The fraction of sp³-hybridized carbons (Fsp3) is 0.727. The number of sulfonamides is 1. The summed E-state index contributed by atoms with van der Waals surface area (Å²) >= 11 is 1.10. The van der Waals surface area contributed by atoms with Crippen molar-refractivity contribution in [2.75, 3.05) is 5.32 Å². The van der Waals surface area contributed by atoms with Crippen molar-refractivity contribution in [1.82, 2.24) is 4.98 Å². The van der Waals surface area contributed by atoms with Gasteiger partial charge in [0.1, 0.15) is 0 Å². The third-order valence-electron chi connectivity index (χ3n) is 3.30. The highest BCUT2D eigenvalue weighted by atomic mass is 32.2. The lowest BCUT2D eigenvalue weighted by atomic mass is 9.75. The molecule has 1 aromatic heterocycles. The molecule has 0 spiro atoms. The van der Waals surface area contributed by atoms with Gasteiger partial charge in [-0.1, -0.05) is 31.6 Å². The third-order valence-corrected chi connectivity index (χ3v) is 5.63. The van der Waals surface area contributed by atoms with Gasteiger partial charge in [0.25, 0.3) is 0 Å². The van der Waals surface area contributed by atoms with E-state index in [0.29, 0.717) is 16.6 Å². The number of aromatic nitrogens is 1. The molecule has 0 aliphatic heterocycles. The van der Waals surface area contributed by atoms with Gasteiger partial charge in [-0.2, -0.15) is 0 Å². The lowest BCUT2D eigenvalue weighted by molar-refractivity contribution is 0.229. The second-order valence-electron chi connectivity index (χ2n) is 5.63. The highest BCUT2D eigenvalue weighted by molar-refractivity contribution is 7.91. The molecule has 2 rings (SSSR count). The molecule has 1 unspecified atom stereocenters. The molecule has 0 aromatic carbocycles. The quantitative estimate of drug-likeness (QED) is 0.893. The second-order valence-corrected chi connectivity index (χ2v) is 8.45. The molecule has 5 nitrogen and oxygen atoms in total.